The van der Waals surface area contributed by atoms with Crippen molar-refractivity contribution in [2.45, 2.75) is 10.8 Å². The molecule has 0 bridgehead atoms. The number of hydrogen-bond donors (Lipinski definition) is 2. The van der Waals surface area contributed by atoms with Crippen molar-refractivity contribution in [1.29, 1.82) is 0 Å². The average Bonchev–Trinajstić information content (AvgIpc) is 2.78. The Hall–Kier alpha value is -1.51. The van der Waals surface area contributed by atoms with Crippen LogP contribution >= 0.6 is 11.3 Å². The van der Waals surface area contributed by atoms with E-state index in [4.69, 9.17) is 5.73 Å². The van der Waals surface area contributed by atoms with Gasteiger partial charge in [0.1, 0.15) is 15.8 Å². The maximum atomic E-state index is 13.3. The van der Waals surface area contributed by atoms with E-state index in [9.17, 15) is 17.2 Å². The van der Waals surface area contributed by atoms with E-state index in [0.29, 0.717) is 5.69 Å². The van der Waals surface area contributed by atoms with Crippen LogP contribution in [-0.2, 0) is 16.6 Å². The zero-order valence-corrected chi connectivity index (χ0v) is 11.2. The summed E-state index contributed by atoms with van der Waals surface area (Å²) in [6.07, 6.45) is 0. The van der Waals surface area contributed by atoms with E-state index >= 15 is 0 Å². The van der Waals surface area contributed by atoms with Crippen LogP contribution in [0.3, 0.4) is 0 Å². The summed E-state index contributed by atoms with van der Waals surface area (Å²) in [5, 5.41) is 1.48. The Morgan fingerprint density at radius 1 is 1.26 bits per heavy atom. The Kier molecular flexibility index (Phi) is 3.83. The maximum absolute atomic E-state index is 13.3. The van der Waals surface area contributed by atoms with Crippen LogP contribution in [0, 0.1) is 11.6 Å². The molecule has 0 fully saturated rings. The number of nitrogens with one attached hydrogen (secondary N) is 1. The summed E-state index contributed by atoms with van der Waals surface area (Å²) in [6, 6.07) is 4.16. The van der Waals surface area contributed by atoms with E-state index < -0.39 is 21.7 Å². The molecular weight excluding hydrogens is 294 g/mol. The van der Waals surface area contributed by atoms with Gasteiger partial charge in [0.25, 0.3) is 0 Å². The van der Waals surface area contributed by atoms with Gasteiger partial charge in [-0.05, 0) is 24.3 Å². The molecule has 0 aliphatic heterocycles. The topological polar surface area (TPSA) is 72.2 Å². The molecular formula is C11H10F2N2O2S2. The molecule has 0 aliphatic rings. The molecule has 0 atom stereocenters. The molecule has 8 heteroatoms. The molecule has 102 valence electrons. The number of hydrogen-bond acceptors (Lipinski definition) is 4. The second-order valence-electron chi connectivity index (χ2n) is 3.76. The number of halogens is 2. The molecule has 3 N–H and O–H groups in total. The Morgan fingerprint density at radius 3 is 2.63 bits per heavy atom. The molecule has 1 heterocycles. The van der Waals surface area contributed by atoms with Crippen LogP contribution in [0.15, 0.2) is 33.9 Å². The highest BCUT2D eigenvalue weighted by atomic mass is 32.2. The first-order valence-electron chi connectivity index (χ1n) is 5.16. The lowest BCUT2D eigenvalue weighted by Crippen LogP contribution is -2.23. The van der Waals surface area contributed by atoms with E-state index in [1.165, 1.54) is 11.4 Å². The lowest BCUT2D eigenvalue weighted by molar-refractivity contribution is 0.568. The molecule has 2 rings (SSSR count). The molecule has 0 saturated carbocycles. The van der Waals surface area contributed by atoms with Gasteiger partial charge >= 0.3 is 0 Å². The third kappa shape index (κ3) is 3.28. The van der Waals surface area contributed by atoms with Crippen LogP contribution in [0.5, 0.6) is 0 Å². The van der Waals surface area contributed by atoms with E-state index in [1.54, 1.807) is 0 Å². The maximum Gasteiger partial charge on any atom is 0.250 e. The van der Waals surface area contributed by atoms with Crippen molar-refractivity contribution < 1.29 is 17.2 Å². The van der Waals surface area contributed by atoms with Gasteiger partial charge in [0, 0.05) is 23.2 Å². The lowest BCUT2D eigenvalue weighted by Gasteiger charge is -2.06. The summed E-state index contributed by atoms with van der Waals surface area (Å²) in [7, 11) is -3.77. The van der Waals surface area contributed by atoms with Crippen molar-refractivity contribution in [2.24, 2.45) is 0 Å². The van der Waals surface area contributed by atoms with Crippen LogP contribution in [0.4, 0.5) is 14.5 Å². The zero-order valence-electron chi connectivity index (χ0n) is 9.56. The fourth-order valence-corrected chi connectivity index (χ4v) is 3.53. The Balaban J connectivity index is 2.16. The van der Waals surface area contributed by atoms with Gasteiger partial charge in [0.2, 0.25) is 10.0 Å². The quantitative estimate of drug-likeness (QED) is 0.908. The first kappa shape index (κ1) is 13.9. The SMILES string of the molecule is Nc1csc(S(=O)(=O)NCc2cc(F)ccc2F)c1. The Morgan fingerprint density at radius 2 is 2.00 bits per heavy atom. The summed E-state index contributed by atoms with van der Waals surface area (Å²) >= 11 is 0.956. The van der Waals surface area contributed by atoms with Crippen molar-refractivity contribution in [3.8, 4) is 0 Å². The third-order valence-electron chi connectivity index (χ3n) is 2.32. The standard InChI is InChI=1S/C11H10F2N2O2S2/c12-8-1-2-10(13)7(3-8)5-15-19(16,17)11-4-9(14)6-18-11/h1-4,6,15H,5,14H2. The highest BCUT2D eigenvalue weighted by Crippen LogP contribution is 2.21. The normalized spacial score (nSPS) is 11.7. The minimum atomic E-state index is -3.77. The molecule has 1 aromatic carbocycles. The summed E-state index contributed by atoms with van der Waals surface area (Å²) in [4.78, 5) is 0. The molecule has 19 heavy (non-hydrogen) atoms. The smallest absolute Gasteiger partial charge is 0.250 e. The fraction of sp³-hybridized carbons (Fsp3) is 0.0909. The monoisotopic (exact) mass is 304 g/mol. The van der Waals surface area contributed by atoms with Crippen molar-refractivity contribution in [1.82, 2.24) is 4.72 Å². The predicted octanol–water partition coefficient (Wildman–Crippen LogP) is 2.09. The highest BCUT2D eigenvalue weighted by Gasteiger charge is 2.17. The van der Waals surface area contributed by atoms with Crippen molar-refractivity contribution in [2.75, 3.05) is 5.73 Å². The van der Waals surface area contributed by atoms with Crippen LogP contribution in [0.2, 0.25) is 0 Å². The Bertz CT molecular complexity index is 698. The van der Waals surface area contributed by atoms with Gasteiger partial charge in [-0.2, -0.15) is 0 Å². The van der Waals surface area contributed by atoms with Crippen LogP contribution in [0.25, 0.3) is 0 Å². The second kappa shape index (κ2) is 5.24. The average molecular weight is 304 g/mol. The van der Waals surface area contributed by atoms with Crippen LogP contribution < -0.4 is 10.5 Å². The number of rotatable bonds is 4. The fourth-order valence-electron chi connectivity index (χ4n) is 1.39. The summed E-state index contributed by atoms with van der Waals surface area (Å²) < 4.78 is 52.2. The molecule has 0 spiro atoms. The number of nitrogen functional groups attached to an aromatic ring is 1. The molecule has 0 radical (unpaired) electrons. The minimum absolute atomic E-state index is 0.0295. The highest BCUT2D eigenvalue weighted by molar-refractivity contribution is 7.91. The zero-order chi connectivity index (χ0) is 14.0. The van der Waals surface area contributed by atoms with E-state index in [-0.39, 0.29) is 16.3 Å². The molecule has 0 amide bonds. The van der Waals surface area contributed by atoms with Crippen LogP contribution in [0.1, 0.15) is 5.56 Å². The van der Waals surface area contributed by atoms with Gasteiger partial charge in [-0.3, -0.25) is 0 Å². The van der Waals surface area contributed by atoms with E-state index in [2.05, 4.69) is 4.72 Å². The third-order valence-corrected chi connectivity index (χ3v) is 5.18. The molecule has 0 saturated heterocycles. The van der Waals surface area contributed by atoms with Gasteiger partial charge in [-0.25, -0.2) is 21.9 Å². The molecule has 1 aromatic heterocycles. The lowest BCUT2D eigenvalue weighted by atomic mass is 10.2. The van der Waals surface area contributed by atoms with Crippen molar-refractivity contribution in [3.63, 3.8) is 0 Å². The van der Waals surface area contributed by atoms with Crippen molar-refractivity contribution in [3.05, 3.63) is 46.8 Å². The second-order valence-corrected chi connectivity index (χ2v) is 6.66. The molecule has 2 aromatic rings. The number of anilines is 1. The van der Waals surface area contributed by atoms with Crippen molar-refractivity contribution >= 4 is 27.0 Å². The molecule has 4 nitrogen and oxygen atoms in total. The van der Waals surface area contributed by atoms with E-state index in [1.807, 2.05) is 0 Å². The summed E-state index contributed by atoms with van der Waals surface area (Å²) in [6.45, 7) is -0.330. The minimum Gasteiger partial charge on any atom is -0.398 e. The first-order chi connectivity index (χ1) is 8.88. The summed E-state index contributed by atoms with van der Waals surface area (Å²) in [5.41, 5.74) is 5.71. The first-order valence-corrected chi connectivity index (χ1v) is 7.52. The number of nitrogens with two attached hydrogens (primary N) is 1. The van der Waals surface area contributed by atoms with E-state index in [0.717, 1.165) is 29.5 Å². The molecule has 0 aliphatic carbocycles. The van der Waals surface area contributed by atoms with Gasteiger partial charge in [-0.15, -0.1) is 11.3 Å². The molecule has 0 unspecified atom stereocenters. The largest absolute Gasteiger partial charge is 0.398 e. The van der Waals surface area contributed by atoms with Crippen LogP contribution in [-0.4, -0.2) is 8.42 Å². The van der Waals surface area contributed by atoms with Gasteiger partial charge in [-0.1, -0.05) is 0 Å². The van der Waals surface area contributed by atoms with Gasteiger partial charge in [0.05, 0.1) is 0 Å². The number of thiophene rings is 1. The predicted molar refractivity (Wildman–Crippen MR) is 69.1 cm³/mol. The Labute approximate surface area is 112 Å². The number of benzene rings is 1. The number of sulfonamides is 1. The van der Waals surface area contributed by atoms with Gasteiger partial charge < -0.3 is 5.73 Å². The summed E-state index contributed by atoms with van der Waals surface area (Å²) in [5.74, 6) is -1.30. The van der Waals surface area contributed by atoms with Gasteiger partial charge in [0.15, 0.2) is 0 Å².